The van der Waals surface area contributed by atoms with E-state index in [9.17, 15) is 19.2 Å². The lowest BCUT2D eigenvalue weighted by atomic mass is 9.75. The Morgan fingerprint density at radius 2 is 0.755 bits per heavy atom. The monoisotopic (exact) mass is 749 g/mol. The van der Waals surface area contributed by atoms with E-state index in [2.05, 4.69) is 32.9 Å². The standard InChI is InChI=1S/C45H80O8/c1-4-7-10-13-15-17-19-23-28-33-42(46)50-51-43(47)34-30-25-21-22-27-32-40-37-36-39(31-26-12-9-6-3)38-41(40)45(49)53-52-44(48)35-29-24-20-18-16-14-11-8-5-2/h36-37,39-41H,4-35,38H2,1-3H3. The summed E-state index contributed by atoms with van der Waals surface area (Å²) in [5, 5.41) is 0. The molecule has 0 amide bonds. The predicted octanol–water partition coefficient (Wildman–Crippen LogP) is 13.3. The van der Waals surface area contributed by atoms with Crippen molar-refractivity contribution in [2.45, 2.75) is 233 Å². The predicted molar refractivity (Wildman–Crippen MR) is 213 cm³/mol. The van der Waals surface area contributed by atoms with Crippen LogP contribution in [-0.4, -0.2) is 23.9 Å². The maximum atomic E-state index is 13.2. The second-order valence-corrected chi connectivity index (χ2v) is 15.7. The van der Waals surface area contributed by atoms with Crippen LogP contribution in [0.25, 0.3) is 0 Å². The summed E-state index contributed by atoms with van der Waals surface area (Å²) in [7, 11) is 0. The Morgan fingerprint density at radius 3 is 1.19 bits per heavy atom. The first kappa shape index (κ1) is 48.6. The third kappa shape index (κ3) is 28.7. The molecule has 0 aromatic rings. The Bertz CT molecular complexity index is 947. The van der Waals surface area contributed by atoms with Crippen molar-refractivity contribution in [2.75, 3.05) is 0 Å². The fourth-order valence-corrected chi connectivity index (χ4v) is 7.34. The number of rotatable bonds is 34. The van der Waals surface area contributed by atoms with Crippen molar-refractivity contribution in [3.05, 3.63) is 12.2 Å². The summed E-state index contributed by atoms with van der Waals surface area (Å²) in [5.41, 5.74) is 0. The van der Waals surface area contributed by atoms with Crippen LogP contribution < -0.4 is 0 Å². The lowest BCUT2D eigenvalue weighted by molar-refractivity contribution is -0.263. The summed E-state index contributed by atoms with van der Waals surface area (Å²) >= 11 is 0. The van der Waals surface area contributed by atoms with E-state index in [0.717, 1.165) is 89.9 Å². The van der Waals surface area contributed by atoms with Crippen LogP contribution in [0.5, 0.6) is 0 Å². The van der Waals surface area contributed by atoms with Gasteiger partial charge in [-0.05, 0) is 50.4 Å². The van der Waals surface area contributed by atoms with Gasteiger partial charge in [0.15, 0.2) is 0 Å². The SMILES string of the molecule is CCCCCCCCCCCC(=O)OOC(=O)CCCCCCCC1C=CC(CCCCCC)CC1C(=O)OOC(=O)CCCCCCCCCCC. The first-order valence-electron chi connectivity index (χ1n) is 22.4. The first-order chi connectivity index (χ1) is 25.9. The second kappa shape index (κ2) is 35.3. The van der Waals surface area contributed by atoms with Crippen LogP contribution in [0.3, 0.4) is 0 Å². The summed E-state index contributed by atoms with van der Waals surface area (Å²) in [6.07, 6.45) is 38.2. The largest absolute Gasteiger partial charge is 0.359 e. The van der Waals surface area contributed by atoms with E-state index in [0.29, 0.717) is 12.3 Å². The molecule has 0 bridgehead atoms. The summed E-state index contributed by atoms with van der Waals surface area (Å²) in [5.74, 6) is -1.78. The van der Waals surface area contributed by atoms with Crippen LogP contribution in [0.2, 0.25) is 0 Å². The Morgan fingerprint density at radius 1 is 0.415 bits per heavy atom. The van der Waals surface area contributed by atoms with Gasteiger partial charge in [0.25, 0.3) is 0 Å². The van der Waals surface area contributed by atoms with Gasteiger partial charge < -0.3 is 0 Å². The molecule has 8 nitrogen and oxygen atoms in total. The highest BCUT2D eigenvalue weighted by Crippen LogP contribution is 2.35. The molecule has 0 saturated heterocycles. The summed E-state index contributed by atoms with van der Waals surface area (Å²) in [6, 6.07) is 0. The molecule has 0 aromatic carbocycles. The van der Waals surface area contributed by atoms with Crippen molar-refractivity contribution in [1.29, 1.82) is 0 Å². The molecule has 53 heavy (non-hydrogen) atoms. The zero-order chi connectivity index (χ0) is 38.6. The van der Waals surface area contributed by atoms with Crippen molar-refractivity contribution in [1.82, 2.24) is 0 Å². The second-order valence-electron chi connectivity index (χ2n) is 15.7. The molecule has 3 unspecified atom stereocenters. The van der Waals surface area contributed by atoms with Gasteiger partial charge in [-0.25, -0.2) is 38.7 Å². The van der Waals surface area contributed by atoms with Gasteiger partial charge in [0, 0.05) is 0 Å². The molecule has 1 rings (SSSR count). The third-order valence-electron chi connectivity index (χ3n) is 10.8. The molecule has 0 aromatic heterocycles. The van der Waals surface area contributed by atoms with Gasteiger partial charge in [-0.15, -0.1) is 0 Å². The molecule has 0 spiro atoms. The Hall–Kier alpha value is -2.38. The van der Waals surface area contributed by atoms with Crippen LogP contribution in [0.1, 0.15) is 233 Å². The Labute approximate surface area is 324 Å². The fraction of sp³-hybridized carbons (Fsp3) is 0.867. The molecule has 3 atom stereocenters. The van der Waals surface area contributed by atoms with Crippen molar-refractivity contribution in [2.24, 2.45) is 17.8 Å². The van der Waals surface area contributed by atoms with Gasteiger partial charge in [-0.2, -0.15) is 0 Å². The average molecular weight is 749 g/mol. The maximum Gasteiger partial charge on any atom is 0.359 e. The summed E-state index contributed by atoms with van der Waals surface area (Å²) in [6.45, 7) is 6.66. The minimum atomic E-state index is -0.503. The highest BCUT2D eigenvalue weighted by molar-refractivity contribution is 5.75. The lowest BCUT2D eigenvalue weighted by Crippen LogP contribution is -2.30. The number of allylic oxidation sites excluding steroid dienone is 2. The zero-order valence-corrected chi connectivity index (χ0v) is 34.5. The van der Waals surface area contributed by atoms with Gasteiger partial charge in [0.05, 0.1) is 25.2 Å². The topological polar surface area (TPSA) is 105 Å². The number of carbonyl (C=O) groups is 4. The molecule has 308 valence electrons. The van der Waals surface area contributed by atoms with Crippen LogP contribution in [0.15, 0.2) is 12.2 Å². The molecule has 0 heterocycles. The summed E-state index contributed by atoms with van der Waals surface area (Å²) < 4.78 is 0. The first-order valence-corrected chi connectivity index (χ1v) is 22.4. The lowest BCUT2D eigenvalue weighted by Gasteiger charge is -2.30. The molecule has 0 aliphatic heterocycles. The molecule has 0 saturated carbocycles. The molecular formula is C45H80O8. The van der Waals surface area contributed by atoms with Gasteiger partial charge in [0.2, 0.25) is 0 Å². The summed E-state index contributed by atoms with van der Waals surface area (Å²) in [4.78, 5) is 69.1. The number of hydrogen-bond acceptors (Lipinski definition) is 8. The fourth-order valence-electron chi connectivity index (χ4n) is 7.34. The van der Waals surface area contributed by atoms with Crippen LogP contribution >= 0.6 is 0 Å². The highest BCUT2D eigenvalue weighted by atomic mass is 17.2. The molecule has 0 N–H and O–H groups in total. The van der Waals surface area contributed by atoms with E-state index in [1.165, 1.54) is 96.3 Å². The molecule has 0 radical (unpaired) electrons. The molecular weight excluding hydrogens is 668 g/mol. The van der Waals surface area contributed by atoms with E-state index in [4.69, 9.17) is 19.6 Å². The van der Waals surface area contributed by atoms with E-state index < -0.39 is 23.9 Å². The zero-order valence-electron chi connectivity index (χ0n) is 34.5. The van der Waals surface area contributed by atoms with Gasteiger partial charge >= 0.3 is 23.9 Å². The van der Waals surface area contributed by atoms with E-state index in [1.807, 2.05) is 0 Å². The minimum Gasteiger partial charge on any atom is -0.247 e. The smallest absolute Gasteiger partial charge is 0.247 e. The molecule has 0 fully saturated rings. The van der Waals surface area contributed by atoms with Crippen LogP contribution in [-0.2, 0) is 38.7 Å². The van der Waals surface area contributed by atoms with Gasteiger partial charge in [-0.3, -0.25) is 0 Å². The highest BCUT2D eigenvalue weighted by Gasteiger charge is 2.34. The number of unbranched alkanes of at least 4 members (excludes halogenated alkanes) is 23. The van der Waals surface area contributed by atoms with Crippen molar-refractivity contribution >= 4 is 23.9 Å². The van der Waals surface area contributed by atoms with Gasteiger partial charge in [0.1, 0.15) is 0 Å². The molecule has 8 heteroatoms. The average Bonchev–Trinajstić information content (AvgIpc) is 3.16. The normalized spacial score (nSPS) is 16.7. The van der Waals surface area contributed by atoms with E-state index in [1.54, 1.807) is 0 Å². The van der Waals surface area contributed by atoms with Gasteiger partial charge in [-0.1, -0.05) is 187 Å². The molecule has 1 aliphatic carbocycles. The maximum absolute atomic E-state index is 13.2. The minimum absolute atomic E-state index is 0.0608. The number of carbonyl (C=O) groups excluding carboxylic acids is 4. The van der Waals surface area contributed by atoms with Crippen LogP contribution in [0, 0.1) is 17.8 Å². The van der Waals surface area contributed by atoms with Crippen molar-refractivity contribution < 1.29 is 38.7 Å². The Kier molecular flexibility index (Phi) is 32.4. The quantitative estimate of drug-likeness (QED) is 0.0277. The van der Waals surface area contributed by atoms with Crippen molar-refractivity contribution in [3.8, 4) is 0 Å². The number of hydrogen-bond donors (Lipinski definition) is 0. The molecule has 1 aliphatic rings. The third-order valence-corrected chi connectivity index (χ3v) is 10.8. The van der Waals surface area contributed by atoms with Crippen LogP contribution in [0.4, 0.5) is 0 Å². The Balaban J connectivity index is 2.28. The van der Waals surface area contributed by atoms with E-state index in [-0.39, 0.29) is 31.1 Å². The van der Waals surface area contributed by atoms with E-state index >= 15 is 0 Å². The van der Waals surface area contributed by atoms with Crippen molar-refractivity contribution in [3.63, 3.8) is 0 Å².